The second-order valence-corrected chi connectivity index (χ2v) is 10.4. The molecule has 2 unspecified atom stereocenters. The zero-order chi connectivity index (χ0) is 22.2. The van der Waals surface area contributed by atoms with Crippen molar-refractivity contribution in [3.63, 3.8) is 0 Å². The van der Waals surface area contributed by atoms with Gasteiger partial charge >= 0.3 is 0 Å². The van der Waals surface area contributed by atoms with Gasteiger partial charge in [0, 0.05) is 23.5 Å². The highest BCUT2D eigenvalue weighted by Crippen LogP contribution is 2.43. The van der Waals surface area contributed by atoms with E-state index in [2.05, 4.69) is 45.4 Å². The first-order chi connectivity index (χ1) is 15.5. The minimum absolute atomic E-state index is 0.0328. The van der Waals surface area contributed by atoms with Crippen LogP contribution >= 0.6 is 27.5 Å². The summed E-state index contributed by atoms with van der Waals surface area (Å²) in [6, 6.07) is 15.9. The minimum atomic E-state index is -0.0910. The molecule has 5 nitrogen and oxygen atoms in total. The lowest BCUT2D eigenvalue weighted by Crippen LogP contribution is -2.45. The summed E-state index contributed by atoms with van der Waals surface area (Å²) in [5.74, 6) is 1.32. The second-order valence-electron chi connectivity index (χ2n) is 9.09. The Morgan fingerprint density at radius 1 is 1.12 bits per heavy atom. The lowest BCUT2D eigenvalue weighted by atomic mass is 9.87. The maximum Gasteiger partial charge on any atom is 0.282 e. The van der Waals surface area contributed by atoms with Crippen molar-refractivity contribution >= 4 is 44.8 Å². The summed E-state index contributed by atoms with van der Waals surface area (Å²) in [4.78, 5) is 13.4. The van der Waals surface area contributed by atoms with E-state index < -0.39 is 0 Å². The van der Waals surface area contributed by atoms with Crippen molar-refractivity contribution in [2.45, 2.75) is 38.6 Å². The van der Waals surface area contributed by atoms with Crippen LogP contribution in [0.1, 0.15) is 44.2 Å². The fraction of sp³-hybridized carbons (Fsp3) is 0.440. The molecule has 0 aromatic heterocycles. The number of para-hydroxylation sites is 1. The van der Waals surface area contributed by atoms with Gasteiger partial charge in [-0.15, -0.1) is 0 Å². The van der Waals surface area contributed by atoms with Gasteiger partial charge in [0.1, 0.15) is 5.71 Å². The van der Waals surface area contributed by atoms with Crippen LogP contribution in [0.25, 0.3) is 0 Å². The Hall–Kier alpha value is -1.89. The number of fused-ring (bicyclic) bond motifs is 1. The average Bonchev–Trinajstić information content (AvgIpc) is 3.47. The van der Waals surface area contributed by atoms with Crippen LogP contribution in [0, 0.1) is 17.8 Å². The number of rotatable bonds is 5. The molecule has 0 bridgehead atoms. The van der Waals surface area contributed by atoms with Crippen molar-refractivity contribution in [3.8, 4) is 0 Å². The van der Waals surface area contributed by atoms with Crippen molar-refractivity contribution in [2.24, 2.45) is 22.9 Å². The number of nitrogens with one attached hydrogen (secondary N) is 1. The fourth-order valence-electron chi connectivity index (χ4n) is 5.60. The number of amides is 1. The fourth-order valence-corrected chi connectivity index (χ4v) is 6.09. The molecule has 2 aromatic rings. The molecule has 7 heteroatoms. The highest BCUT2D eigenvalue weighted by molar-refractivity contribution is 9.10. The summed E-state index contributed by atoms with van der Waals surface area (Å²) in [7, 11) is 0. The van der Waals surface area contributed by atoms with Crippen molar-refractivity contribution in [1.29, 1.82) is 0 Å². The van der Waals surface area contributed by atoms with E-state index in [1.807, 2.05) is 41.4 Å². The van der Waals surface area contributed by atoms with Crippen molar-refractivity contribution in [3.05, 3.63) is 63.6 Å². The lowest BCUT2D eigenvalue weighted by Gasteiger charge is -2.28. The zero-order valence-electron chi connectivity index (χ0n) is 18.2. The molecule has 1 amide bonds. The summed E-state index contributed by atoms with van der Waals surface area (Å²) in [6.45, 7) is 4.02. The van der Waals surface area contributed by atoms with Crippen LogP contribution in [0.3, 0.4) is 0 Å². The molecule has 168 valence electrons. The largest absolute Gasteiger partial charge is 0.284 e. The quantitative estimate of drug-likeness (QED) is 0.547. The molecule has 0 radical (unpaired) electrons. The third kappa shape index (κ3) is 4.09. The van der Waals surface area contributed by atoms with Crippen LogP contribution in [-0.2, 0) is 4.79 Å². The number of carbonyl (C=O) groups excluding carboxylic acids is 1. The standard InChI is InChI=1S/C25H28BrClN4O/c1-2-20-23(25(32)29-30-14-17-6-5-7-18(17)15-30)28-31(22-9-4-3-8-21(22)27)24(20)16-10-12-19(26)13-11-16/h3-4,8-13,17-18,20,24H,2,5-7,14-15H2,1H3,(H,29,32)/t17?,18?,20-,24-/m0/s1. The number of hydrogen-bond donors (Lipinski definition) is 1. The Balaban J connectivity index is 1.45. The molecule has 1 saturated carbocycles. The smallest absolute Gasteiger partial charge is 0.282 e. The number of hydrazone groups is 1. The first-order valence-corrected chi connectivity index (χ1v) is 12.7. The molecule has 3 aliphatic rings. The molecular weight excluding hydrogens is 488 g/mol. The molecule has 2 heterocycles. The number of hydrazine groups is 1. The molecule has 2 fully saturated rings. The SMILES string of the molecule is CC[C@H]1C(C(=O)NN2CC3CCCC3C2)=NN(c2ccccc2Cl)[C@H]1c1ccc(Br)cc1. The van der Waals surface area contributed by atoms with Gasteiger partial charge in [0.15, 0.2) is 0 Å². The predicted octanol–water partition coefficient (Wildman–Crippen LogP) is 5.81. The number of nitrogens with zero attached hydrogens (tertiary/aromatic N) is 3. The van der Waals surface area contributed by atoms with Gasteiger partial charge in [0.05, 0.1) is 16.8 Å². The Morgan fingerprint density at radius 3 is 2.47 bits per heavy atom. The molecule has 2 aliphatic heterocycles. The maximum atomic E-state index is 13.4. The van der Waals surface area contributed by atoms with Gasteiger partial charge in [0.25, 0.3) is 5.91 Å². The average molecular weight is 516 g/mol. The number of benzene rings is 2. The summed E-state index contributed by atoms with van der Waals surface area (Å²) in [5, 5.41) is 9.56. The van der Waals surface area contributed by atoms with Crippen LogP contribution in [0.5, 0.6) is 0 Å². The third-order valence-electron chi connectivity index (χ3n) is 7.18. The molecule has 1 N–H and O–H groups in total. The van der Waals surface area contributed by atoms with Crippen LogP contribution in [0.4, 0.5) is 5.69 Å². The topological polar surface area (TPSA) is 47.9 Å². The molecule has 2 aromatic carbocycles. The van der Waals surface area contributed by atoms with Gasteiger partial charge in [-0.25, -0.2) is 5.01 Å². The van der Waals surface area contributed by atoms with Crippen LogP contribution in [-0.4, -0.2) is 29.7 Å². The Morgan fingerprint density at radius 2 is 1.81 bits per heavy atom. The predicted molar refractivity (Wildman–Crippen MR) is 133 cm³/mol. The molecule has 32 heavy (non-hydrogen) atoms. The maximum absolute atomic E-state index is 13.4. The van der Waals surface area contributed by atoms with Gasteiger partial charge in [-0.3, -0.25) is 15.2 Å². The lowest BCUT2D eigenvalue weighted by molar-refractivity contribution is -0.119. The molecule has 1 saturated heterocycles. The van der Waals surface area contributed by atoms with E-state index >= 15 is 0 Å². The summed E-state index contributed by atoms with van der Waals surface area (Å²) in [6.07, 6.45) is 4.69. The van der Waals surface area contributed by atoms with E-state index in [0.29, 0.717) is 10.7 Å². The highest BCUT2D eigenvalue weighted by atomic mass is 79.9. The van der Waals surface area contributed by atoms with Crippen LogP contribution in [0.2, 0.25) is 5.02 Å². The highest BCUT2D eigenvalue weighted by Gasteiger charge is 2.43. The molecule has 5 rings (SSSR count). The van der Waals surface area contributed by atoms with E-state index in [0.717, 1.165) is 47.1 Å². The summed E-state index contributed by atoms with van der Waals surface area (Å²) in [5.41, 5.74) is 5.69. The second kappa shape index (κ2) is 9.16. The number of halogens is 2. The van der Waals surface area contributed by atoms with Crippen molar-refractivity contribution in [1.82, 2.24) is 10.4 Å². The number of carbonyl (C=O) groups is 1. The number of anilines is 1. The van der Waals surface area contributed by atoms with Gasteiger partial charge in [0.2, 0.25) is 0 Å². The van der Waals surface area contributed by atoms with E-state index in [1.54, 1.807) is 0 Å². The van der Waals surface area contributed by atoms with Gasteiger partial charge in [-0.05, 0) is 60.9 Å². The van der Waals surface area contributed by atoms with Gasteiger partial charge < -0.3 is 0 Å². The third-order valence-corrected chi connectivity index (χ3v) is 8.03. The normalized spacial score (nSPS) is 27.5. The van der Waals surface area contributed by atoms with E-state index in [4.69, 9.17) is 16.7 Å². The monoisotopic (exact) mass is 514 g/mol. The Kier molecular flexibility index (Phi) is 6.28. The first-order valence-electron chi connectivity index (χ1n) is 11.5. The zero-order valence-corrected chi connectivity index (χ0v) is 20.5. The van der Waals surface area contributed by atoms with Gasteiger partial charge in [-0.2, -0.15) is 5.10 Å². The minimum Gasteiger partial charge on any atom is -0.284 e. The van der Waals surface area contributed by atoms with Gasteiger partial charge in [-0.1, -0.05) is 65.1 Å². The summed E-state index contributed by atoms with van der Waals surface area (Å²) >= 11 is 10.1. The first kappa shape index (κ1) is 21.9. The molecule has 1 aliphatic carbocycles. The molecule has 4 atom stereocenters. The molecular formula is C25H28BrClN4O. The summed E-state index contributed by atoms with van der Waals surface area (Å²) < 4.78 is 1.02. The van der Waals surface area contributed by atoms with Crippen molar-refractivity contribution < 1.29 is 4.79 Å². The van der Waals surface area contributed by atoms with E-state index in [9.17, 15) is 4.79 Å². The van der Waals surface area contributed by atoms with Crippen LogP contribution in [0.15, 0.2) is 58.1 Å². The Labute approximate surface area is 202 Å². The number of hydrogen-bond acceptors (Lipinski definition) is 4. The van der Waals surface area contributed by atoms with E-state index in [-0.39, 0.29) is 17.9 Å². The molecule has 0 spiro atoms. The van der Waals surface area contributed by atoms with Crippen LogP contribution < -0.4 is 10.4 Å². The van der Waals surface area contributed by atoms with Crippen molar-refractivity contribution in [2.75, 3.05) is 18.1 Å². The Bertz CT molecular complexity index is 1010. The van der Waals surface area contributed by atoms with E-state index in [1.165, 1.54) is 19.3 Å².